The summed E-state index contributed by atoms with van der Waals surface area (Å²) in [6, 6.07) is -0.986. The second kappa shape index (κ2) is 51.3. The lowest BCUT2D eigenvalue weighted by molar-refractivity contribution is -0.303. The third kappa shape index (κ3) is 40.1. The van der Waals surface area contributed by atoms with Crippen LogP contribution in [0.25, 0.3) is 0 Å². The van der Waals surface area contributed by atoms with Gasteiger partial charge in [-0.1, -0.05) is 303 Å². The van der Waals surface area contributed by atoms with Gasteiger partial charge in [-0.05, 0) is 12.8 Å². The van der Waals surface area contributed by atoms with E-state index in [0.717, 1.165) is 44.9 Å². The molecular formula is C61H121NO9. The number of rotatable bonds is 55. The Kier molecular flexibility index (Phi) is 49.2. The molecule has 1 heterocycles. The molecule has 1 aliphatic heterocycles. The molecular weight excluding hydrogens is 891 g/mol. The third-order valence-corrected chi connectivity index (χ3v) is 15.6. The van der Waals surface area contributed by atoms with Gasteiger partial charge in [-0.2, -0.15) is 0 Å². The van der Waals surface area contributed by atoms with Crippen LogP contribution in [0.5, 0.6) is 0 Å². The zero-order valence-corrected chi connectivity index (χ0v) is 46.9. The lowest BCUT2D eigenvalue weighted by Gasteiger charge is -2.40. The smallest absolute Gasteiger partial charge is 0.220 e. The highest BCUT2D eigenvalue weighted by molar-refractivity contribution is 5.76. The van der Waals surface area contributed by atoms with Gasteiger partial charge in [-0.25, -0.2) is 0 Å². The summed E-state index contributed by atoms with van der Waals surface area (Å²) in [4.78, 5) is 13.1. The molecule has 10 nitrogen and oxygen atoms in total. The molecule has 0 spiro atoms. The predicted octanol–water partition coefficient (Wildman–Crippen LogP) is 14.8. The van der Waals surface area contributed by atoms with Gasteiger partial charge in [0.05, 0.1) is 25.4 Å². The van der Waals surface area contributed by atoms with E-state index in [2.05, 4.69) is 19.2 Å². The molecule has 71 heavy (non-hydrogen) atoms. The van der Waals surface area contributed by atoms with Gasteiger partial charge in [-0.15, -0.1) is 0 Å². The van der Waals surface area contributed by atoms with Crippen molar-refractivity contribution in [2.24, 2.45) is 0 Å². The Morgan fingerprint density at radius 2 is 0.732 bits per heavy atom. The van der Waals surface area contributed by atoms with E-state index in [0.29, 0.717) is 6.42 Å². The minimum atomic E-state index is -1.60. The average Bonchev–Trinajstić information content (AvgIpc) is 3.37. The van der Waals surface area contributed by atoms with Crippen LogP contribution in [-0.4, -0.2) is 98.7 Å². The summed E-state index contributed by atoms with van der Waals surface area (Å²) < 4.78 is 11.2. The number of unbranched alkanes of at least 4 members (excludes halogenated alkanes) is 44. The van der Waals surface area contributed by atoms with Gasteiger partial charge in [0.15, 0.2) is 6.29 Å². The number of carbonyl (C=O) groups excluding carboxylic acids is 1. The van der Waals surface area contributed by atoms with E-state index in [9.17, 15) is 35.4 Å². The minimum Gasteiger partial charge on any atom is -0.394 e. The zero-order chi connectivity index (χ0) is 51.7. The Morgan fingerprint density at radius 3 is 1.04 bits per heavy atom. The summed E-state index contributed by atoms with van der Waals surface area (Å²) in [5.41, 5.74) is 0. The fourth-order valence-electron chi connectivity index (χ4n) is 10.6. The van der Waals surface area contributed by atoms with Gasteiger partial charge in [0, 0.05) is 6.42 Å². The highest BCUT2D eigenvalue weighted by Crippen LogP contribution is 2.24. The SMILES string of the molecule is CCCCCCCCCCCCCCCCCCCCCCCCCCCCCCCCCCCCCC(=O)N[C@@H](CO[C@@H]1O[C@H](CO)[C@@H](O)C(O)C1O)[C@H](O)[C@H](O)CCCCCCCCCCCCC. The van der Waals surface area contributed by atoms with Crippen molar-refractivity contribution in [2.45, 2.75) is 371 Å². The zero-order valence-electron chi connectivity index (χ0n) is 46.9. The average molecular weight is 1010 g/mol. The predicted molar refractivity (Wildman–Crippen MR) is 297 cm³/mol. The van der Waals surface area contributed by atoms with Crippen LogP contribution in [0.15, 0.2) is 0 Å². The molecule has 0 saturated carbocycles. The van der Waals surface area contributed by atoms with E-state index in [-0.39, 0.29) is 18.9 Å². The number of ether oxygens (including phenoxy) is 2. The first-order chi connectivity index (χ1) is 34.8. The van der Waals surface area contributed by atoms with E-state index in [1.165, 1.54) is 250 Å². The molecule has 8 atom stereocenters. The number of hydrogen-bond acceptors (Lipinski definition) is 9. The summed E-state index contributed by atoms with van der Waals surface area (Å²) in [6.45, 7) is 3.64. The summed E-state index contributed by atoms with van der Waals surface area (Å²) >= 11 is 0. The van der Waals surface area contributed by atoms with Crippen LogP contribution in [0.4, 0.5) is 0 Å². The number of carbonyl (C=O) groups is 1. The molecule has 0 aliphatic carbocycles. The fourth-order valence-corrected chi connectivity index (χ4v) is 10.6. The summed E-state index contributed by atoms with van der Waals surface area (Å²) in [5, 5.41) is 65.4. The second-order valence-corrected chi connectivity index (χ2v) is 22.4. The monoisotopic (exact) mass is 1010 g/mol. The van der Waals surface area contributed by atoms with Crippen LogP contribution in [0.3, 0.4) is 0 Å². The molecule has 1 fully saturated rings. The Morgan fingerprint density at radius 1 is 0.437 bits per heavy atom. The maximum Gasteiger partial charge on any atom is 0.220 e. The molecule has 0 radical (unpaired) electrons. The van der Waals surface area contributed by atoms with Gasteiger partial charge < -0.3 is 45.4 Å². The number of amides is 1. The quantitative estimate of drug-likeness (QED) is 0.0293. The maximum absolute atomic E-state index is 13.1. The van der Waals surface area contributed by atoms with E-state index in [4.69, 9.17) is 9.47 Å². The van der Waals surface area contributed by atoms with Crippen molar-refractivity contribution in [3.05, 3.63) is 0 Å². The van der Waals surface area contributed by atoms with E-state index >= 15 is 0 Å². The Labute approximate surface area is 438 Å². The molecule has 1 aliphatic rings. The van der Waals surface area contributed by atoms with Crippen LogP contribution < -0.4 is 5.32 Å². The van der Waals surface area contributed by atoms with Crippen molar-refractivity contribution >= 4 is 5.91 Å². The van der Waals surface area contributed by atoms with Crippen LogP contribution in [-0.2, 0) is 14.3 Å². The van der Waals surface area contributed by atoms with Crippen LogP contribution in [0, 0.1) is 0 Å². The molecule has 7 N–H and O–H groups in total. The largest absolute Gasteiger partial charge is 0.394 e. The third-order valence-electron chi connectivity index (χ3n) is 15.6. The van der Waals surface area contributed by atoms with Crippen molar-refractivity contribution in [1.82, 2.24) is 5.32 Å². The van der Waals surface area contributed by atoms with Crippen molar-refractivity contribution in [1.29, 1.82) is 0 Å². The molecule has 424 valence electrons. The van der Waals surface area contributed by atoms with Crippen molar-refractivity contribution in [3.8, 4) is 0 Å². The first-order valence-electron chi connectivity index (χ1n) is 31.3. The lowest BCUT2D eigenvalue weighted by Crippen LogP contribution is -2.60. The van der Waals surface area contributed by atoms with Gasteiger partial charge in [0.25, 0.3) is 0 Å². The number of aliphatic hydroxyl groups is 6. The summed E-state index contributed by atoms with van der Waals surface area (Å²) in [7, 11) is 0. The maximum atomic E-state index is 13.1. The molecule has 2 unspecified atom stereocenters. The molecule has 0 aromatic rings. The van der Waals surface area contributed by atoms with Crippen molar-refractivity contribution in [2.75, 3.05) is 13.2 Å². The van der Waals surface area contributed by atoms with Crippen LogP contribution in [0.1, 0.15) is 322 Å². The normalized spacial score (nSPS) is 19.6. The highest BCUT2D eigenvalue weighted by Gasteiger charge is 2.44. The topological polar surface area (TPSA) is 169 Å². The number of aliphatic hydroxyl groups excluding tert-OH is 6. The standard InChI is InChI=1S/C61H121NO9/c1-3-5-7-9-11-13-15-16-17-18-19-20-21-22-23-24-25-26-27-28-29-30-31-32-33-34-35-36-37-38-40-42-44-46-48-50-56(65)62-53(52-70-61-60(69)59(68)58(67)55(51-63)71-61)57(66)54(64)49-47-45-43-41-39-14-12-10-8-6-4-2/h53-55,57-61,63-64,66-69H,3-52H2,1-2H3,(H,62,65)/t53-,54+,55+,57-,58+,59?,60?,61+/m0/s1. The first-order valence-corrected chi connectivity index (χ1v) is 31.3. The lowest BCUT2D eigenvalue weighted by atomic mass is 9.98. The van der Waals surface area contributed by atoms with Gasteiger partial charge in [0.2, 0.25) is 5.91 Å². The molecule has 1 rings (SSSR count). The molecule has 0 aromatic heterocycles. The molecule has 0 aromatic carbocycles. The van der Waals surface area contributed by atoms with Gasteiger partial charge >= 0.3 is 0 Å². The molecule has 1 amide bonds. The van der Waals surface area contributed by atoms with Crippen LogP contribution in [0.2, 0.25) is 0 Å². The molecule has 0 bridgehead atoms. The fraction of sp³-hybridized carbons (Fsp3) is 0.984. The van der Waals surface area contributed by atoms with Gasteiger partial charge in [-0.3, -0.25) is 4.79 Å². The molecule has 10 heteroatoms. The molecule has 1 saturated heterocycles. The van der Waals surface area contributed by atoms with E-state index in [1.807, 2.05) is 0 Å². The first kappa shape index (κ1) is 68.2. The summed E-state index contributed by atoms with van der Waals surface area (Å²) in [5.74, 6) is -0.251. The van der Waals surface area contributed by atoms with E-state index < -0.39 is 55.6 Å². The van der Waals surface area contributed by atoms with Gasteiger partial charge in [0.1, 0.15) is 30.5 Å². The minimum absolute atomic E-state index is 0.251. The second-order valence-electron chi connectivity index (χ2n) is 22.4. The van der Waals surface area contributed by atoms with Crippen LogP contribution >= 0.6 is 0 Å². The summed E-state index contributed by atoms with van der Waals surface area (Å²) in [6.07, 6.45) is 51.7. The number of nitrogens with one attached hydrogen (secondary N) is 1. The highest BCUT2D eigenvalue weighted by atomic mass is 16.7. The Bertz CT molecular complexity index is 1100. The van der Waals surface area contributed by atoms with Crippen molar-refractivity contribution < 1.29 is 44.9 Å². The van der Waals surface area contributed by atoms with Crippen molar-refractivity contribution in [3.63, 3.8) is 0 Å². The van der Waals surface area contributed by atoms with E-state index in [1.54, 1.807) is 0 Å². The Hall–Kier alpha value is -0.850. The Balaban J connectivity index is 2.06. The number of hydrogen-bond donors (Lipinski definition) is 7.